The molecule has 7 heteroatoms. The molecule has 0 aromatic heterocycles. The molecule has 1 heterocycles. The summed E-state index contributed by atoms with van der Waals surface area (Å²) in [4.78, 5) is 16.8. The number of quaternary nitrogens is 1. The fraction of sp³-hybridized carbons (Fsp3) is 0.682. The minimum absolute atomic E-state index is 0.124. The van der Waals surface area contributed by atoms with Gasteiger partial charge in [0.15, 0.2) is 6.04 Å². The number of carbonyl (C=O) groups is 1. The summed E-state index contributed by atoms with van der Waals surface area (Å²) in [5, 5.41) is 0. The van der Waals surface area contributed by atoms with Crippen LogP contribution in [-0.4, -0.2) is 68.3 Å². The fourth-order valence-electron chi connectivity index (χ4n) is 4.72. The zero-order valence-electron chi connectivity index (χ0n) is 18.1. The number of sulfonamides is 1. The van der Waals surface area contributed by atoms with Crippen LogP contribution in [0.4, 0.5) is 0 Å². The second kappa shape index (κ2) is 9.58. The summed E-state index contributed by atoms with van der Waals surface area (Å²) in [5.41, 5.74) is 1.05. The highest BCUT2D eigenvalue weighted by Crippen LogP contribution is 2.23. The molecular formula is C22H36N3O3S+. The first-order chi connectivity index (χ1) is 13.8. The van der Waals surface area contributed by atoms with Crippen molar-refractivity contribution in [3.05, 3.63) is 29.8 Å². The third-order valence-electron chi connectivity index (χ3n) is 6.65. The maximum atomic E-state index is 13.2. The van der Waals surface area contributed by atoms with Gasteiger partial charge in [-0.2, -0.15) is 4.31 Å². The summed E-state index contributed by atoms with van der Waals surface area (Å²) in [6.45, 7) is 9.03. The van der Waals surface area contributed by atoms with Gasteiger partial charge in [-0.25, -0.2) is 8.42 Å². The van der Waals surface area contributed by atoms with Gasteiger partial charge in [0.1, 0.15) is 0 Å². The molecule has 0 bridgehead atoms. The number of nitrogens with one attached hydrogen (secondary N) is 1. The molecule has 2 aliphatic rings. The van der Waals surface area contributed by atoms with E-state index in [1.165, 1.54) is 24.2 Å². The number of benzene rings is 1. The normalized spacial score (nSPS) is 21.1. The average Bonchev–Trinajstić information content (AvgIpc) is 2.75. The van der Waals surface area contributed by atoms with Crippen molar-refractivity contribution in [1.82, 2.24) is 9.21 Å². The van der Waals surface area contributed by atoms with Crippen LogP contribution in [0.15, 0.2) is 29.2 Å². The van der Waals surface area contributed by atoms with Crippen LogP contribution in [0, 0.1) is 6.92 Å². The van der Waals surface area contributed by atoms with Crippen LogP contribution < -0.4 is 4.90 Å². The number of piperazine rings is 1. The van der Waals surface area contributed by atoms with Crippen LogP contribution in [0.25, 0.3) is 0 Å². The van der Waals surface area contributed by atoms with Crippen LogP contribution in [0.1, 0.15) is 51.5 Å². The molecule has 1 atom stereocenters. The number of hydrogen-bond donors (Lipinski definition) is 1. The molecular weight excluding hydrogens is 386 g/mol. The molecule has 1 aromatic carbocycles. The predicted octanol–water partition coefficient (Wildman–Crippen LogP) is 1.45. The fourth-order valence-corrected chi connectivity index (χ4v) is 6.16. The summed E-state index contributed by atoms with van der Waals surface area (Å²) in [7, 11) is -3.46. The van der Waals surface area contributed by atoms with E-state index in [0.29, 0.717) is 37.1 Å². The SMILES string of the molecule is CCN(C(=O)[C@@H](C)[NH+]1CCN(S(=O)(=O)c2ccc(C)cc2)CC1)C1CCCCC1. The molecule has 0 radical (unpaired) electrons. The van der Waals surface area contributed by atoms with E-state index in [4.69, 9.17) is 0 Å². The molecule has 1 saturated heterocycles. The standard InChI is InChI=1S/C22H35N3O3S/c1-4-25(20-8-6-5-7-9-20)22(26)19(3)23-14-16-24(17-15-23)29(27,28)21-12-10-18(2)11-13-21/h10-13,19-20H,4-9,14-17H2,1-3H3/p+1/t19-/m1/s1. The van der Waals surface area contributed by atoms with Crippen molar-refractivity contribution in [2.45, 2.75) is 69.9 Å². The Morgan fingerprint density at radius 1 is 1.14 bits per heavy atom. The number of amides is 1. The topological polar surface area (TPSA) is 62.1 Å². The molecule has 0 unspecified atom stereocenters. The number of carbonyl (C=O) groups excluding carboxylic acids is 1. The van der Waals surface area contributed by atoms with Crippen LogP contribution >= 0.6 is 0 Å². The molecule has 1 aliphatic carbocycles. The van der Waals surface area contributed by atoms with E-state index in [1.807, 2.05) is 26.0 Å². The van der Waals surface area contributed by atoms with E-state index in [-0.39, 0.29) is 11.9 Å². The maximum Gasteiger partial charge on any atom is 0.280 e. The zero-order chi connectivity index (χ0) is 21.0. The van der Waals surface area contributed by atoms with Gasteiger partial charge in [0.2, 0.25) is 10.0 Å². The monoisotopic (exact) mass is 422 g/mol. The second-order valence-electron chi connectivity index (χ2n) is 8.51. The van der Waals surface area contributed by atoms with Crippen LogP contribution in [0.5, 0.6) is 0 Å². The molecule has 6 nitrogen and oxygen atoms in total. The van der Waals surface area contributed by atoms with E-state index in [2.05, 4.69) is 11.8 Å². The number of aryl methyl sites for hydroxylation is 1. The summed E-state index contributed by atoms with van der Waals surface area (Å²) >= 11 is 0. The lowest BCUT2D eigenvalue weighted by Gasteiger charge is -2.39. The van der Waals surface area contributed by atoms with Gasteiger partial charge in [0, 0.05) is 12.6 Å². The van der Waals surface area contributed by atoms with Crippen molar-refractivity contribution in [1.29, 1.82) is 0 Å². The van der Waals surface area contributed by atoms with Crippen molar-refractivity contribution < 1.29 is 18.1 Å². The van der Waals surface area contributed by atoms with Crippen LogP contribution in [0.2, 0.25) is 0 Å². The van der Waals surface area contributed by atoms with E-state index in [0.717, 1.165) is 24.9 Å². The molecule has 3 rings (SSSR count). The molecule has 1 N–H and O–H groups in total. The summed E-state index contributed by atoms with van der Waals surface area (Å²) in [5.74, 6) is 0.226. The molecule has 162 valence electrons. The minimum Gasteiger partial charge on any atom is -0.335 e. The highest BCUT2D eigenvalue weighted by atomic mass is 32.2. The van der Waals surface area contributed by atoms with Gasteiger partial charge in [0.25, 0.3) is 5.91 Å². The molecule has 29 heavy (non-hydrogen) atoms. The van der Waals surface area contributed by atoms with Crippen molar-refractivity contribution >= 4 is 15.9 Å². The van der Waals surface area contributed by atoms with Gasteiger partial charge in [0.05, 0.1) is 31.1 Å². The molecule has 1 saturated carbocycles. The van der Waals surface area contributed by atoms with Gasteiger partial charge in [-0.15, -0.1) is 0 Å². The summed E-state index contributed by atoms with van der Waals surface area (Å²) < 4.78 is 27.4. The first-order valence-electron chi connectivity index (χ1n) is 11.1. The van der Waals surface area contributed by atoms with E-state index in [9.17, 15) is 13.2 Å². The van der Waals surface area contributed by atoms with Crippen LogP contribution in [0.3, 0.4) is 0 Å². The lowest BCUT2D eigenvalue weighted by Crippen LogP contribution is -3.19. The van der Waals surface area contributed by atoms with Gasteiger partial charge >= 0.3 is 0 Å². The van der Waals surface area contributed by atoms with E-state index >= 15 is 0 Å². The summed E-state index contributed by atoms with van der Waals surface area (Å²) in [6.07, 6.45) is 5.94. The van der Waals surface area contributed by atoms with Crippen molar-refractivity contribution in [2.24, 2.45) is 0 Å². The maximum absolute atomic E-state index is 13.2. The number of nitrogens with zero attached hydrogens (tertiary/aromatic N) is 2. The van der Waals surface area contributed by atoms with Gasteiger partial charge < -0.3 is 9.80 Å². The zero-order valence-corrected chi connectivity index (χ0v) is 18.9. The van der Waals surface area contributed by atoms with Gasteiger partial charge in [-0.05, 0) is 45.7 Å². The number of rotatable bonds is 6. The second-order valence-corrected chi connectivity index (χ2v) is 10.5. The molecule has 1 aromatic rings. The third kappa shape index (κ3) is 5.01. The average molecular weight is 423 g/mol. The quantitative estimate of drug-likeness (QED) is 0.755. The first-order valence-corrected chi connectivity index (χ1v) is 12.5. The Bertz CT molecular complexity index is 780. The van der Waals surface area contributed by atoms with E-state index < -0.39 is 10.0 Å². The van der Waals surface area contributed by atoms with Crippen molar-refractivity contribution in [2.75, 3.05) is 32.7 Å². The van der Waals surface area contributed by atoms with Gasteiger partial charge in [-0.3, -0.25) is 4.79 Å². The Morgan fingerprint density at radius 2 is 1.72 bits per heavy atom. The van der Waals surface area contributed by atoms with Crippen molar-refractivity contribution in [3.8, 4) is 0 Å². The molecule has 1 amide bonds. The molecule has 2 fully saturated rings. The van der Waals surface area contributed by atoms with Crippen molar-refractivity contribution in [3.63, 3.8) is 0 Å². The number of hydrogen-bond acceptors (Lipinski definition) is 3. The Labute approximate surface area is 175 Å². The highest BCUT2D eigenvalue weighted by Gasteiger charge is 2.37. The Hall–Kier alpha value is -1.44. The number of likely N-dealkylation sites (N-methyl/N-ethyl adjacent to an activating group) is 1. The van der Waals surface area contributed by atoms with E-state index in [1.54, 1.807) is 16.4 Å². The largest absolute Gasteiger partial charge is 0.335 e. The lowest BCUT2D eigenvalue weighted by molar-refractivity contribution is -0.918. The Balaban J connectivity index is 1.60. The molecule has 0 spiro atoms. The predicted molar refractivity (Wildman–Crippen MR) is 114 cm³/mol. The smallest absolute Gasteiger partial charge is 0.280 e. The minimum atomic E-state index is -3.46. The summed E-state index contributed by atoms with van der Waals surface area (Å²) in [6, 6.07) is 7.28. The highest BCUT2D eigenvalue weighted by molar-refractivity contribution is 7.89. The first kappa shape index (κ1) is 22.2. The van der Waals surface area contributed by atoms with Gasteiger partial charge in [-0.1, -0.05) is 37.0 Å². The molecule has 1 aliphatic heterocycles. The lowest BCUT2D eigenvalue weighted by atomic mass is 9.93. The Kier molecular flexibility index (Phi) is 7.35. The van der Waals surface area contributed by atoms with Crippen LogP contribution in [-0.2, 0) is 14.8 Å². The third-order valence-corrected chi connectivity index (χ3v) is 8.56. The Morgan fingerprint density at radius 3 is 2.28 bits per heavy atom.